The molecule has 0 aromatic carbocycles. The minimum atomic E-state index is -2.37. The minimum Gasteiger partial charge on any atom is -0.394 e. The Bertz CT molecular complexity index is 668. The molecule has 0 saturated carbocycles. The third kappa shape index (κ3) is 4.71. The molecule has 0 bridgehead atoms. The lowest BCUT2D eigenvalue weighted by molar-refractivity contribution is -0.389. The monoisotopic (exact) mass is 504 g/mol. The smallest absolute Gasteiger partial charge is 0.224 e. The lowest BCUT2D eigenvalue weighted by Gasteiger charge is -2.44. The van der Waals surface area contributed by atoms with E-state index in [4.69, 9.17) is 23.7 Å². The number of hydrogen-bond donors (Lipinski definition) is 11. The summed E-state index contributed by atoms with van der Waals surface area (Å²) in [4.78, 5) is 0. The van der Waals surface area contributed by atoms with Gasteiger partial charge in [0.15, 0.2) is 6.29 Å². The van der Waals surface area contributed by atoms with Crippen LogP contribution in [-0.4, -0.2) is 168 Å². The van der Waals surface area contributed by atoms with Crippen LogP contribution in [0.15, 0.2) is 0 Å². The summed E-state index contributed by atoms with van der Waals surface area (Å²) in [5.41, 5.74) is 0. The zero-order valence-corrected chi connectivity index (χ0v) is 17.8. The van der Waals surface area contributed by atoms with Gasteiger partial charge in [-0.05, 0) is 0 Å². The first-order valence-corrected chi connectivity index (χ1v) is 10.5. The van der Waals surface area contributed by atoms with Crippen molar-refractivity contribution in [2.24, 2.45) is 0 Å². The summed E-state index contributed by atoms with van der Waals surface area (Å²) < 4.78 is 26.6. The number of aliphatic hydroxyl groups excluding tert-OH is 11. The van der Waals surface area contributed by atoms with Crippen LogP contribution in [0.2, 0.25) is 0 Å². The molecule has 3 fully saturated rings. The van der Waals surface area contributed by atoms with E-state index >= 15 is 0 Å². The van der Waals surface area contributed by atoms with Crippen molar-refractivity contribution >= 4 is 0 Å². The van der Waals surface area contributed by atoms with E-state index in [9.17, 15) is 56.2 Å². The first-order valence-electron chi connectivity index (χ1n) is 10.5. The second-order valence-corrected chi connectivity index (χ2v) is 8.43. The molecule has 0 amide bonds. The van der Waals surface area contributed by atoms with Crippen LogP contribution in [-0.2, 0) is 23.7 Å². The molecule has 3 aliphatic heterocycles. The van der Waals surface area contributed by atoms with Crippen LogP contribution in [0.5, 0.6) is 0 Å². The van der Waals surface area contributed by atoms with E-state index in [-0.39, 0.29) is 0 Å². The Kier molecular flexibility index (Phi) is 8.85. The maximum absolute atomic E-state index is 10.3. The highest BCUT2D eigenvalue weighted by atomic mass is 16.8. The molecule has 3 heterocycles. The molecule has 0 aliphatic carbocycles. The van der Waals surface area contributed by atoms with Crippen molar-refractivity contribution in [2.75, 3.05) is 33.0 Å². The lowest BCUT2D eigenvalue weighted by atomic mass is 9.98. The van der Waals surface area contributed by atoms with Crippen molar-refractivity contribution in [3.8, 4) is 0 Å². The van der Waals surface area contributed by atoms with Gasteiger partial charge in [0.05, 0.1) is 19.8 Å². The summed E-state index contributed by atoms with van der Waals surface area (Å²) in [5, 5.41) is 109. The van der Waals surface area contributed by atoms with Crippen molar-refractivity contribution in [3.05, 3.63) is 0 Å². The summed E-state index contributed by atoms with van der Waals surface area (Å²) in [7, 11) is 0. The second-order valence-electron chi connectivity index (χ2n) is 8.43. The molecule has 13 atom stereocenters. The molecule has 3 saturated heterocycles. The Hall–Kier alpha value is -0.640. The van der Waals surface area contributed by atoms with E-state index in [1.54, 1.807) is 0 Å². The van der Waals surface area contributed by atoms with E-state index in [0.717, 1.165) is 0 Å². The normalized spacial score (nSPS) is 51.8. The second kappa shape index (κ2) is 10.8. The Labute approximate surface area is 192 Å². The largest absolute Gasteiger partial charge is 0.394 e. The highest BCUT2D eigenvalue weighted by Gasteiger charge is 2.59. The van der Waals surface area contributed by atoms with Crippen molar-refractivity contribution < 1.29 is 79.9 Å². The van der Waals surface area contributed by atoms with Gasteiger partial charge in [0.1, 0.15) is 74.3 Å². The van der Waals surface area contributed by atoms with Gasteiger partial charge in [0.2, 0.25) is 11.6 Å². The van der Waals surface area contributed by atoms with Gasteiger partial charge in [0, 0.05) is 0 Å². The fourth-order valence-corrected chi connectivity index (χ4v) is 4.14. The van der Waals surface area contributed by atoms with Crippen LogP contribution in [0, 0.1) is 0 Å². The Morgan fingerprint density at radius 2 is 1.09 bits per heavy atom. The SMILES string of the molecule is OC[C@H]1O[C@](CO)(OC[C@H]2O[C@H](O[C@@]3(CO)O[C@H](CO)[C@@H](O)[C@@H]3O)[C@H](O)[C@@H](O)[C@@H]2O)[C@@H](O)[C@@H]1O. The highest BCUT2D eigenvalue weighted by Crippen LogP contribution is 2.37. The van der Waals surface area contributed by atoms with Gasteiger partial charge in [-0.3, -0.25) is 0 Å². The average molecular weight is 504 g/mol. The van der Waals surface area contributed by atoms with E-state index in [2.05, 4.69) is 0 Å². The highest BCUT2D eigenvalue weighted by molar-refractivity contribution is 4.99. The van der Waals surface area contributed by atoms with Gasteiger partial charge in [0.25, 0.3) is 0 Å². The first kappa shape index (κ1) is 27.9. The molecule has 200 valence electrons. The predicted molar refractivity (Wildman–Crippen MR) is 101 cm³/mol. The Morgan fingerprint density at radius 3 is 1.56 bits per heavy atom. The summed E-state index contributed by atoms with van der Waals surface area (Å²) in [6, 6.07) is 0. The predicted octanol–water partition coefficient (Wildman–Crippen LogP) is -7.57. The maximum atomic E-state index is 10.3. The molecule has 11 N–H and O–H groups in total. The molecule has 0 unspecified atom stereocenters. The minimum absolute atomic E-state index is 0.709. The van der Waals surface area contributed by atoms with Crippen molar-refractivity contribution in [3.63, 3.8) is 0 Å². The van der Waals surface area contributed by atoms with Crippen LogP contribution in [0.1, 0.15) is 0 Å². The zero-order chi connectivity index (χ0) is 25.4. The molecule has 0 radical (unpaired) electrons. The zero-order valence-electron chi connectivity index (χ0n) is 17.8. The summed E-state index contributed by atoms with van der Waals surface area (Å²) >= 11 is 0. The van der Waals surface area contributed by atoms with E-state index in [1.165, 1.54) is 0 Å². The van der Waals surface area contributed by atoms with Gasteiger partial charge >= 0.3 is 0 Å². The van der Waals surface area contributed by atoms with Crippen molar-refractivity contribution in [2.45, 2.75) is 78.9 Å². The fraction of sp³-hybridized carbons (Fsp3) is 1.00. The Morgan fingerprint density at radius 1 is 0.588 bits per heavy atom. The topological polar surface area (TPSA) is 269 Å². The number of ether oxygens (including phenoxy) is 5. The molecular weight excluding hydrogens is 472 g/mol. The van der Waals surface area contributed by atoms with Crippen molar-refractivity contribution in [1.29, 1.82) is 0 Å². The van der Waals surface area contributed by atoms with Gasteiger partial charge < -0.3 is 79.9 Å². The van der Waals surface area contributed by atoms with Gasteiger partial charge in [-0.1, -0.05) is 0 Å². The maximum Gasteiger partial charge on any atom is 0.224 e. The Balaban J connectivity index is 1.74. The average Bonchev–Trinajstić information content (AvgIpc) is 3.24. The van der Waals surface area contributed by atoms with E-state index in [0.29, 0.717) is 0 Å². The molecule has 34 heavy (non-hydrogen) atoms. The fourth-order valence-electron chi connectivity index (χ4n) is 4.14. The van der Waals surface area contributed by atoms with Crippen LogP contribution in [0.3, 0.4) is 0 Å². The first-order chi connectivity index (χ1) is 16.0. The molecule has 16 nitrogen and oxygen atoms in total. The van der Waals surface area contributed by atoms with E-state index in [1.807, 2.05) is 0 Å². The lowest BCUT2D eigenvalue weighted by Crippen LogP contribution is -2.63. The van der Waals surface area contributed by atoms with Crippen molar-refractivity contribution in [1.82, 2.24) is 0 Å². The molecule has 0 aromatic heterocycles. The molecule has 16 heteroatoms. The number of hydrogen-bond acceptors (Lipinski definition) is 16. The standard InChI is InChI=1S/C18H32O16/c19-1-6-10(24)14(28)17(4-21,32-6)30-3-8-9(23)12(26)13(27)16(31-8)34-18(5-22)15(29)11(25)7(2-20)33-18/h6-16,19-29H,1-5H2/t6-,7-,8-,9-,10-,11-,12+,13-,14+,15+,16-,17+,18-/m1/s1. The third-order valence-corrected chi connectivity index (χ3v) is 6.29. The van der Waals surface area contributed by atoms with Gasteiger partial charge in [-0.2, -0.15) is 0 Å². The molecule has 3 rings (SSSR count). The van der Waals surface area contributed by atoms with Crippen LogP contribution in [0.25, 0.3) is 0 Å². The number of rotatable bonds is 9. The summed E-state index contributed by atoms with van der Waals surface area (Å²) in [6.07, 6.45) is -18.7. The molecule has 0 spiro atoms. The quantitative estimate of drug-likeness (QED) is 0.139. The van der Waals surface area contributed by atoms with E-state index < -0.39 is 112 Å². The molecule has 3 aliphatic rings. The van der Waals surface area contributed by atoms with Crippen LogP contribution >= 0.6 is 0 Å². The summed E-state index contributed by atoms with van der Waals surface area (Å²) in [6.45, 7) is -4.23. The third-order valence-electron chi connectivity index (χ3n) is 6.29. The van der Waals surface area contributed by atoms with Gasteiger partial charge in [-0.15, -0.1) is 0 Å². The number of aliphatic hydroxyl groups is 11. The molecular formula is C18H32O16. The van der Waals surface area contributed by atoms with Gasteiger partial charge in [-0.25, -0.2) is 0 Å². The van der Waals surface area contributed by atoms with Crippen LogP contribution < -0.4 is 0 Å². The van der Waals surface area contributed by atoms with Crippen LogP contribution in [0.4, 0.5) is 0 Å². The molecule has 0 aromatic rings. The summed E-state index contributed by atoms with van der Waals surface area (Å²) in [5.74, 6) is -4.59.